The first-order valence-corrected chi connectivity index (χ1v) is 7.07. The fourth-order valence-electron chi connectivity index (χ4n) is 2.56. The van der Waals surface area contributed by atoms with Gasteiger partial charge in [0.25, 0.3) is 0 Å². The fraction of sp³-hybridized carbons (Fsp3) is 0.0556. The minimum atomic E-state index is 0.474. The van der Waals surface area contributed by atoms with Crippen molar-refractivity contribution in [1.82, 2.24) is 10.2 Å². The highest BCUT2D eigenvalue weighted by molar-refractivity contribution is 5.96. The van der Waals surface area contributed by atoms with Crippen molar-refractivity contribution in [2.45, 2.75) is 6.92 Å². The zero-order valence-electron chi connectivity index (χ0n) is 12.3. The van der Waals surface area contributed by atoms with E-state index in [1.807, 2.05) is 36.4 Å². The van der Waals surface area contributed by atoms with Gasteiger partial charge in [-0.3, -0.25) is 0 Å². The molecule has 5 heteroatoms. The predicted octanol–water partition coefficient (Wildman–Crippen LogP) is 4.33. The Hall–Kier alpha value is -3.39. The molecule has 0 unspecified atom stereocenters. The Morgan fingerprint density at radius 2 is 1.96 bits per heavy atom. The van der Waals surface area contributed by atoms with Crippen molar-refractivity contribution in [1.29, 1.82) is 5.26 Å². The number of benzene rings is 2. The predicted molar refractivity (Wildman–Crippen MR) is 84.4 cm³/mol. The Morgan fingerprint density at radius 1 is 1.04 bits per heavy atom. The van der Waals surface area contributed by atoms with Gasteiger partial charge in [0.05, 0.1) is 17.9 Å². The van der Waals surface area contributed by atoms with Crippen LogP contribution < -0.4 is 0 Å². The molecule has 4 rings (SSSR count). The van der Waals surface area contributed by atoms with Gasteiger partial charge in [-0.2, -0.15) is 5.26 Å². The molecule has 23 heavy (non-hydrogen) atoms. The number of fused-ring (bicyclic) bond motifs is 1. The Bertz CT molecular complexity index is 1050. The van der Waals surface area contributed by atoms with E-state index in [9.17, 15) is 0 Å². The second kappa shape index (κ2) is 5.11. The molecule has 0 aliphatic heterocycles. The minimum Gasteiger partial charge on any atom is -0.464 e. The first kappa shape index (κ1) is 13.3. The molecule has 2 aromatic heterocycles. The van der Waals surface area contributed by atoms with Crippen LogP contribution in [0.4, 0.5) is 0 Å². The van der Waals surface area contributed by atoms with E-state index >= 15 is 0 Å². The molecular weight excluding hydrogens is 290 g/mol. The third-order valence-corrected chi connectivity index (χ3v) is 3.65. The van der Waals surface area contributed by atoms with E-state index in [0.29, 0.717) is 17.3 Å². The summed E-state index contributed by atoms with van der Waals surface area (Å²) in [4.78, 5) is 0. The SMILES string of the molecule is Cc1nnc(-c2ccc3occ(-c4cccc(C#N)c4)c3c2)o1. The van der Waals surface area contributed by atoms with Gasteiger partial charge in [-0.05, 0) is 35.9 Å². The van der Waals surface area contributed by atoms with Gasteiger partial charge in [-0.1, -0.05) is 12.1 Å². The van der Waals surface area contributed by atoms with Crippen molar-refractivity contribution in [2.24, 2.45) is 0 Å². The number of rotatable bonds is 2. The number of hydrogen-bond acceptors (Lipinski definition) is 5. The van der Waals surface area contributed by atoms with Gasteiger partial charge in [-0.15, -0.1) is 10.2 Å². The van der Waals surface area contributed by atoms with Gasteiger partial charge >= 0.3 is 0 Å². The lowest BCUT2D eigenvalue weighted by Crippen LogP contribution is -1.81. The Kier molecular flexibility index (Phi) is 2.95. The quantitative estimate of drug-likeness (QED) is 0.550. The van der Waals surface area contributed by atoms with Crippen LogP contribution in [0.5, 0.6) is 0 Å². The van der Waals surface area contributed by atoms with Crippen LogP contribution in [-0.2, 0) is 0 Å². The summed E-state index contributed by atoms with van der Waals surface area (Å²) in [5, 5.41) is 17.9. The lowest BCUT2D eigenvalue weighted by molar-refractivity contribution is 0.533. The Morgan fingerprint density at radius 3 is 2.74 bits per heavy atom. The molecule has 0 aliphatic rings. The molecule has 4 aromatic rings. The average molecular weight is 301 g/mol. The molecule has 0 atom stereocenters. The molecule has 2 heterocycles. The number of hydrogen-bond donors (Lipinski definition) is 0. The molecule has 0 saturated heterocycles. The monoisotopic (exact) mass is 301 g/mol. The maximum absolute atomic E-state index is 9.07. The van der Waals surface area contributed by atoms with E-state index in [4.69, 9.17) is 14.1 Å². The Labute approximate surface area is 131 Å². The maximum atomic E-state index is 9.07. The topological polar surface area (TPSA) is 75.8 Å². The van der Waals surface area contributed by atoms with Crippen molar-refractivity contribution in [2.75, 3.05) is 0 Å². The molecule has 2 aromatic carbocycles. The van der Waals surface area contributed by atoms with Gasteiger partial charge in [0, 0.05) is 23.4 Å². The van der Waals surface area contributed by atoms with Crippen molar-refractivity contribution < 1.29 is 8.83 Å². The van der Waals surface area contributed by atoms with Crippen LogP contribution in [0.3, 0.4) is 0 Å². The van der Waals surface area contributed by atoms with Gasteiger partial charge < -0.3 is 8.83 Å². The van der Waals surface area contributed by atoms with Crippen molar-refractivity contribution >= 4 is 11.0 Å². The summed E-state index contributed by atoms with van der Waals surface area (Å²) < 4.78 is 11.1. The van der Waals surface area contributed by atoms with E-state index in [-0.39, 0.29) is 0 Å². The summed E-state index contributed by atoms with van der Waals surface area (Å²) in [6, 6.07) is 15.3. The van der Waals surface area contributed by atoms with Crippen LogP contribution in [0, 0.1) is 18.3 Å². The summed E-state index contributed by atoms with van der Waals surface area (Å²) >= 11 is 0. The highest BCUT2D eigenvalue weighted by Crippen LogP contribution is 2.33. The fourth-order valence-corrected chi connectivity index (χ4v) is 2.56. The summed E-state index contributed by atoms with van der Waals surface area (Å²) in [7, 11) is 0. The molecule has 5 nitrogen and oxygen atoms in total. The zero-order valence-corrected chi connectivity index (χ0v) is 12.3. The number of aryl methyl sites for hydroxylation is 1. The third kappa shape index (κ3) is 2.27. The first-order chi connectivity index (χ1) is 11.2. The smallest absolute Gasteiger partial charge is 0.247 e. The summed E-state index contributed by atoms with van der Waals surface area (Å²) in [6.45, 7) is 1.76. The minimum absolute atomic E-state index is 0.474. The van der Waals surface area contributed by atoms with Gasteiger partial charge in [0.1, 0.15) is 5.58 Å². The van der Waals surface area contributed by atoms with E-state index in [1.54, 1.807) is 19.3 Å². The Balaban J connectivity index is 1.89. The van der Waals surface area contributed by atoms with E-state index < -0.39 is 0 Å². The number of nitriles is 1. The zero-order chi connectivity index (χ0) is 15.8. The van der Waals surface area contributed by atoms with E-state index in [2.05, 4.69) is 16.3 Å². The number of furan rings is 1. The number of nitrogens with zero attached hydrogens (tertiary/aromatic N) is 3. The molecule has 0 N–H and O–H groups in total. The highest BCUT2D eigenvalue weighted by atomic mass is 16.4. The van der Waals surface area contributed by atoms with E-state index in [1.165, 1.54) is 0 Å². The van der Waals surface area contributed by atoms with Crippen LogP contribution in [-0.4, -0.2) is 10.2 Å². The lowest BCUT2D eigenvalue weighted by atomic mass is 10.0. The summed E-state index contributed by atoms with van der Waals surface area (Å²) in [5.41, 5.74) is 4.07. The normalized spacial score (nSPS) is 10.8. The first-order valence-electron chi connectivity index (χ1n) is 7.07. The van der Waals surface area contributed by atoms with Crippen LogP contribution in [0.25, 0.3) is 33.6 Å². The lowest BCUT2D eigenvalue weighted by Gasteiger charge is -2.00. The van der Waals surface area contributed by atoms with Crippen molar-refractivity contribution in [3.8, 4) is 28.7 Å². The van der Waals surface area contributed by atoms with Crippen LogP contribution in [0.1, 0.15) is 11.5 Å². The highest BCUT2D eigenvalue weighted by Gasteiger charge is 2.12. The summed E-state index contributed by atoms with van der Waals surface area (Å²) in [5.74, 6) is 0.997. The molecule has 0 fully saturated rings. The molecule has 0 bridgehead atoms. The molecule has 110 valence electrons. The van der Waals surface area contributed by atoms with Gasteiger partial charge in [0.15, 0.2) is 0 Å². The van der Waals surface area contributed by atoms with Crippen LogP contribution in [0.15, 0.2) is 57.6 Å². The van der Waals surface area contributed by atoms with Crippen molar-refractivity contribution in [3.63, 3.8) is 0 Å². The van der Waals surface area contributed by atoms with Crippen LogP contribution in [0.2, 0.25) is 0 Å². The van der Waals surface area contributed by atoms with Crippen molar-refractivity contribution in [3.05, 3.63) is 60.2 Å². The standard InChI is InChI=1S/C18H11N3O2/c1-11-20-21-18(23-11)14-5-6-17-15(8-14)16(10-22-17)13-4-2-3-12(7-13)9-19/h2-8,10H,1H3. The molecule has 0 amide bonds. The molecule has 0 radical (unpaired) electrons. The molecule has 0 spiro atoms. The second-order valence-electron chi connectivity index (χ2n) is 5.18. The van der Waals surface area contributed by atoms with Gasteiger partial charge in [-0.25, -0.2) is 0 Å². The van der Waals surface area contributed by atoms with E-state index in [0.717, 1.165) is 27.7 Å². The average Bonchev–Trinajstić information content (AvgIpc) is 3.20. The maximum Gasteiger partial charge on any atom is 0.247 e. The molecular formula is C18H11N3O2. The summed E-state index contributed by atoms with van der Waals surface area (Å²) in [6.07, 6.45) is 1.70. The largest absolute Gasteiger partial charge is 0.464 e. The number of aromatic nitrogens is 2. The van der Waals surface area contributed by atoms with Crippen LogP contribution >= 0.6 is 0 Å². The van der Waals surface area contributed by atoms with Gasteiger partial charge in [0.2, 0.25) is 11.8 Å². The third-order valence-electron chi connectivity index (χ3n) is 3.65. The molecule has 0 aliphatic carbocycles. The second-order valence-corrected chi connectivity index (χ2v) is 5.18. The molecule has 0 saturated carbocycles.